The topological polar surface area (TPSA) is 101 Å². The van der Waals surface area contributed by atoms with Crippen LogP contribution in [0.5, 0.6) is 5.75 Å². The van der Waals surface area contributed by atoms with Crippen molar-refractivity contribution in [2.45, 2.75) is 12.5 Å². The second-order valence-corrected chi connectivity index (χ2v) is 5.80. The molecule has 7 nitrogen and oxygen atoms in total. The number of benzene rings is 1. The third-order valence-electron chi connectivity index (χ3n) is 3.45. The quantitative estimate of drug-likeness (QED) is 0.603. The first kappa shape index (κ1) is 17.8. The number of amides is 1. The van der Waals surface area contributed by atoms with Crippen LogP contribution in [0.2, 0.25) is 0 Å². The van der Waals surface area contributed by atoms with E-state index < -0.39 is 0 Å². The zero-order valence-corrected chi connectivity index (χ0v) is 13.9. The number of nitrogens with two attached hydrogens (primary N) is 1. The summed E-state index contributed by atoms with van der Waals surface area (Å²) in [5, 5.41) is 11.9. The van der Waals surface area contributed by atoms with Gasteiger partial charge in [0, 0.05) is 25.1 Å². The zero-order chi connectivity index (χ0) is 17.5. The first-order valence-electron chi connectivity index (χ1n) is 7.70. The van der Waals surface area contributed by atoms with E-state index in [9.17, 15) is 4.79 Å². The van der Waals surface area contributed by atoms with Gasteiger partial charge in [-0.05, 0) is 20.2 Å². The van der Waals surface area contributed by atoms with E-state index in [1.807, 2.05) is 25.1 Å². The molecule has 0 radical (unpaired) electrons. The molecule has 0 bridgehead atoms. The minimum absolute atomic E-state index is 0.0859. The molecule has 0 aromatic heterocycles. The van der Waals surface area contributed by atoms with Crippen molar-refractivity contribution in [3.8, 4) is 11.8 Å². The van der Waals surface area contributed by atoms with Crippen molar-refractivity contribution in [3.63, 3.8) is 0 Å². The van der Waals surface area contributed by atoms with E-state index in [2.05, 4.69) is 5.32 Å². The predicted molar refractivity (Wildman–Crippen MR) is 91.7 cm³/mol. The fourth-order valence-electron chi connectivity index (χ4n) is 2.22. The van der Waals surface area contributed by atoms with Gasteiger partial charge in [0.05, 0.1) is 30.2 Å². The Labute approximate surface area is 141 Å². The van der Waals surface area contributed by atoms with Crippen molar-refractivity contribution < 1.29 is 14.3 Å². The van der Waals surface area contributed by atoms with Crippen molar-refractivity contribution in [2.75, 3.05) is 44.9 Å². The van der Waals surface area contributed by atoms with Crippen LogP contribution in [0.4, 0.5) is 11.4 Å². The van der Waals surface area contributed by atoms with Crippen molar-refractivity contribution >= 4 is 17.3 Å². The molecule has 1 atom stereocenters. The lowest BCUT2D eigenvalue weighted by atomic mass is 10.1. The summed E-state index contributed by atoms with van der Waals surface area (Å²) in [7, 11) is 3.83. The number of nitrogens with one attached hydrogen (secondary N) is 1. The number of hydrogen-bond donors (Lipinski definition) is 2. The van der Waals surface area contributed by atoms with E-state index in [0.717, 1.165) is 6.42 Å². The van der Waals surface area contributed by atoms with E-state index in [1.54, 1.807) is 12.1 Å². The van der Waals surface area contributed by atoms with Crippen LogP contribution in [0, 0.1) is 11.3 Å². The summed E-state index contributed by atoms with van der Waals surface area (Å²) in [5.74, 6) is 0.148. The third-order valence-corrected chi connectivity index (χ3v) is 3.45. The maximum absolute atomic E-state index is 12.1. The number of hydrogen-bond acceptors (Lipinski definition) is 6. The molecule has 1 aliphatic rings. The van der Waals surface area contributed by atoms with E-state index >= 15 is 0 Å². The smallest absolute Gasteiger partial charge is 0.248 e. The van der Waals surface area contributed by atoms with Gasteiger partial charge in [-0.25, -0.2) is 0 Å². The van der Waals surface area contributed by atoms with Gasteiger partial charge in [0.25, 0.3) is 0 Å². The fourth-order valence-corrected chi connectivity index (χ4v) is 2.22. The molecule has 1 amide bonds. The monoisotopic (exact) mass is 330 g/mol. The molecule has 1 aliphatic heterocycles. The van der Waals surface area contributed by atoms with Crippen LogP contribution in [-0.4, -0.2) is 50.8 Å². The van der Waals surface area contributed by atoms with Gasteiger partial charge in [-0.3, -0.25) is 4.79 Å². The van der Waals surface area contributed by atoms with Gasteiger partial charge in [0.2, 0.25) is 5.91 Å². The molecule has 1 fully saturated rings. The van der Waals surface area contributed by atoms with Crippen LogP contribution >= 0.6 is 0 Å². The van der Waals surface area contributed by atoms with E-state index in [0.29, 0.717) is 36.9 Å². The normalized spacial score (nSPS) is 17.2. The SMILES string of the molecule is CN(C)C/C=C/C(=O)Nc1cc(C#N)c(N)cc1OC1CCOC1. The summed E-state index contributed by atoms with van der Waals surface area (Å²) in [6, 6.07) is 5.10. The maximum atomic E-state index is 12.1. The average Bonchev–Trinajstić information content (AvgIpc) is 3.02. The number of rotatable bonds is 6. The van der Waals surface area contributed by atoms with Crippen LogP contribution in [0.25, 0.3) is 0 Å². The predicted octanol–water partition coefficient (Wildman–Crippen LogP) is 1.36. The van der Waals surface area contributed by atoms with E-state index in [-0.39, 0.29) is 17.6 Å². The largest absolute Gasteiger partial charge is 0.486 e. The van der Waals surface area contributed by atoms with Crippen molar-refractivity contribution in [1.82, 2.24) is 4.90 Å². The molecular formula is C17H22N4O3. The van der Waals surface area contributed by atoms with Gasteiger partial charge in [-0.2, -0.15) is 5.26 Å². The second kappa shape index (κ2) is 8.34. The number of ether oxygens (including phenoxy) is 2. The first-order chi connectivity index (χ1) is 11.5. The molecule has 24 heavy (non-hydrogen) atoms. The highest BCUT2D eigenvalue weighted by atomic mass is 16.5. The minimum Gasteiger partial charge on any atom is -0.486 e. The molecule has 1 heterocycles. The number of carbonyl (C=O) groups is 1. The summed E-state index contributed by atoms with van der Waals surface area (Å²) in [5.41, 5.74) is 6.88. The van der Waals surface area contributed by atoms with E-state index in [1.165, 1.54) is 12.1 Å². The number of likely N-dealkylation sites (N-methyl/N-ethyl adjacent to an activating group) is 1. The van der Waals surface area contributed by atoms with Gasteiger partial charge >= 0.3 is 0 Å². The number of nitrogen functional groups attached to an aromatic ring is 1. The molecular weight excluding hydrogens is 308 g/mol. The number of nitriles is 1. The Bertz CT molecular complexity index is 659. The molecule has 0 spiro atoms. The number of nitrogens with zero attached hydrogens (tertiary/aromatic N) is 2. The summed E-state index contributed by atoms with van der Waals surface area (Å²) in [6.07, 6.45) is 3.89. The molecule has 1 unspecified atom stereocenters. The Kier molecular flexibility index (Phi) is 6.18. The van der Waals surface area contributed by atoms with Crippen LogP contribution in [-0.2, 0) is 9.53 Å². The van der Waals surface area contributed by atoms with E-state index in [4.69, 9.17) is 20.5 Å². The summed E-state index contributed by atoms with van der Waals surface area (Å²) in [6.45, 7) is 1.79. The Morgan fingerprint density at radius 3 is 3.00 bits per heavy atom. The first-order valence-corrected chi connectivity index (χ1v) is 7.70. The maximum Gasteiger partial charge on any atom is 0.248 e. The van der Waals surface area contributed by atoms with Crippen LogP contribution < -0.4 is 15.8 Å². The lowest BCUT2D eigenvalue weighted by Gasteiger charge is -2.17. The Balaban J connectivity index is 2.17. The van der Waals surface area contributed by atoms with Crippen LogP contribution in [0.3, 0.4) is 0 Å². The average molecular weight is 330 g/mol. The molecule has 3 N–H and O–H groups in total. The Morgan fingerprint density at radius 2 is 2.38 bits per heavy atom. The summed E-state index contributed by atoms with van der Waals surface area (Å²) in [4.78, 5) is 14.0. The lowest BCUT2D eigenvalue weighted by Crippen LogP contribution is -2.18. The fraction of sp³-hybridized carbons (Fsp3) is 0.412. The van der Waals surface area contributed by atoms with Crippen molar-refractivity contribution in [2.24, 2.45) is 0 Å². The highest BCUT2D eigenvalue weighted by Crippen LogP contribution is 2.32. The van der Waals surface area contributed by atoms with Gasteiger partial charge in [-0.15, -0.1) is 0 Å². The summed E-state index contributed by atoms with van der Waals surface area (Å²) >= 11 is 0. The van der Waals surface area contributed by atoms with Crippen molar-refractivity contribution in [3.05, 3.63) is 29.8 Å². The molecule has 2 rings (SSSR count). The zero-order valence-electron chi connectivity index (χ0n) is 13.9. The molecule has 1 aromatic rings. The highest BCUT2D eigenvalue weighted by molar-refractivity contribution is 6.00. The van der Waals surface area contributed by atoms with Crippen LogP contribution in [0.15, 0.2) is 24.3 Å². The minimum atomic E-state index is -0.293. The van der Waals surface area contributed by atoms with Crippen LogP contribution in [0.1, 0.15) is 12.0 Å². The Morgan fingerprint density at radius 1 is 1.58 bits per heavy atom. The number of carbonyl (C=O) groups excluding carboxylic acids is 1. The van der Waals surface area contributed by atoms with Gasteiger partial charge in [-0.1, -0.05) is 6.08 Å². The molecule has 7 heteroatoms. The standard InChI is InChI=1S/C17H22N4O3/c1-21(2)6-3-4-17(22)20-15-8-12(10-18)14(19)9-16(15)24-13-5-7-23-11-13/h3-4,8-9,13H,5-7,11,19H2,1-2H3,(H,20,22)/b4-3+. The third kappa shape index (κ3) is 4.98. The molecule has 1 aromatic carbocycles. The molecule has 1 saturated heterocycles. The van der Waals surface area contributed by atoms with Gasteiger partial charge in [0.15, 0.2) is 0 Å². The highest BCUT2D eigenvalue weighted by Gasteiger charge is 2.20. The lowest BCUT2D eigenvalue weighted by molar-refractivity contribution is -0.111. The molecule has 128 valence electrons. The van der Waals surface area contributed by atoms with Gasteiger partial charge in [0.1, 0.15) is 17.9 Å². The Hall–Kier alpha value is -2.56. The number of anilines is 2. The second-order valence-electron chi connectivity index (χ2n) is 5.80. The molecule has 0 saturated carbocycles. The van der Waals surface area contributed by atoms with Gasteiger partial charge < -0.3 is 25.4 Å². The van der Waals surface area contributed by atoms with Crippen molar-refractivity contribution in [1.29, 1.82) is 5.26 Å². The molecule has 0 aliphatic carbocycles. The summed E-state index contributed by atoms with van der Waals surface area (Å²) < 4.78 is 11.2.